The Labute approximate surface area is 143 Å². The molecule has 2 fully saturated rings. The summed E-state index contributed by atoms with van der Waals surface area (Å²) in [6.45, 7) is 0. The van der Waals surface area contributed by atoms with Crippen molar-refractivity contribution < 1.29 is 22.4 Å². The molecule has 0 radical (unpaired) electrons. The van der Waals surface area contributed by atoms with Crippen LogP contribution in [0, 0.1) is 5.82 Å². The minimum Gasteiger partial charge on any atom is -0.273 e. The van der Waals surface area contributed by atoms with Crippen molar-refractivity contribution >= 4 is 32.9 Å². The molecule has 1 N–H and O–H groups in total. The van der Waals surface area contributed by atoms with E-state index in [1.165, 1.54) is 17.0 Å². The maximum absolute atomic E-state index is 13.0. The molecule has 2 atom stereocenters. The monoisotopic (exact) mass is 372 g/mol. The van der Waals surface area contributed by atoms with Crippen LogP contribution in [0.4, 0.5) is 9.18 Å². The standard InChI is InChI=1S/C15H17FN2O4S2/c16-10-5-7-11(8-6-10)24(21,22)17-12-3-1-2-4-13(12)18-14(19)9-23-15(18)20/h5-8,12-13,17H,1-4,9H2/t12-,13+/m1/s1. The second-order valence-corrected chi connectivity index (χ2v) is 8.49. The van der Waals surface area contributed by atoms with Gasteiger partial charge in [0.25, 0.3) is 5.24 Å². The first-order valence-electron chi connectivity index (χ1n) is 7.65. The molecule has 3 rings (SSSR count). The Kier molecular flexibility index (Phi) is 4.93. The fraction of sp³-hybridized carbons (Fsp3) is 0.467. The van der Waals surface area contributed by atoms with Gasteiger partial charge >= 0.3 is 0 Å². The molecule has 130 valence electrons. The molecule has 6 nitrogen and oxygen atoms in total. The van der Waals surface area contributed by atoms with Crippen molar-refractivity contribution in [3.63, 3.8) is 0 Å². The van der Waals surface area contributed by atoms with Gasteiger partial charge in [-0.05, 0) is 37.1 Å². The Bertz CT molecular complexity index is 735. The Morgan fingerprint density at radius 2 is 1.79 bits per heavy atom. The smallest absolute Gasteiger partial charge is 0.273 e. The van der Waals surface area contributed by atoms with Crippen LogP contribution in [0.15, 0.2) is 29.2 Å². The summed E-state index contributed by atoms with van der Waals surface area (Å²) in [5, 5.41) is -0.321. The summed E-state index contributed by atoms with van der Waals surface area (Å²) in [5.74, 6) is -0.690. The Balaban J connectivity index is 1.82. The number of hydrogen-bond acceptors (Lipinski definition) is 5. The molecule has 9 heteroatoms. The van der Waals surface area contributed by atoms with E-state index in [9.17, 15) is 22.4 Å². The van der Waals surface area contributed by atoms with Gasteiger partial charge in [0.15, 0.2) is 0 Å². The highest BCUT2D eigenvalue weighted by Gasteiger charge is 2.41. The molecule has 0 spiro atoms. The first-order valence-corrected chi connectivity index (χ1v) is 10.1. The van der Waals surface area contributed by atoms with Crippen LogP contribution in [-0.4, -0.2) is 42.3 Å². The molecule has 1 aromatic carbocycles. The van der Waals surface area contributed by atoms with Crippen LogP contribution in [-0.2, 0) is 14.8 Å². The van der Waals surface area contributed by atoms with E-state index in [1.54, 1.807) is 0 Å². The molecule has 2 amide bonds. The van der Waals surface area contributed by atoms with Crippen LogP contribution in [0.1, 0.15) is 25.7 Å². The molecule has 1 aliphatic carbocycles. The highest BCUT2D eigenvalue weighted by Crippen LogP contribution is 2.30. The number of thioether (sulfide) groups is 1. The van der Waals surface area contributed by atoms with Gasteiger partial charge in [-0.3, -0.25) is 14.5 Å². The summed E-state index contributed by atoms with van der Waals surface area (Å²) in [6, 6.07) is 3.55. The number of rotatable bonds is 4. The maximum Gasteiger partial charge on any atom is 0.289 e. The zero-order chi connectivity index (χ0) is 17.3. The van der Waals surface area contributed by atoms with E-state index in [0.717, 1.165) is 36.7 Å². The number of hydrogen-bond donors (Lipinski definition) is 1. The van der Waals surface area contributed by atoms with E-state index in [2.05, 4.69) is 4.72 Å². The normalized spacial score (nSPS) is 25.3. The quantitative estimate of drug-likeness (QED) is 0.875. The van der Waals surface area contributed by atoms with Gasteiger partial charge in [-0.1, -0.05) is 24.6 Å². The lowest BCUT2D eigenvalue weighted by Gasteiger charge is -2.36. The van der Waals surface area contributed by atoms with Crippen LogP contribution >= 0.6 is 11.8 Å². The number of amides is 2. The summed E-state index contributed by atoms with van der Waals surface area (Å²) in [7, 11) is -3.85. The number of halogens is 1. The third-order valence-corrected chi connectivity index (χ3v) is 6.62. The summed E-state index contributed by atoms with van der Waals surface area (Å²) in [4.78, 5) is 25.1. The average molecular weight is 372 g/mol. The number of imide groups is 1. The van der Waals surface area contributed by atoms with Crippen LogP contribution in [0.25, 0.3) is 0 Å². The van der Waals surface area contributed by atoms with Gasteiger partial charge in [0.2, 0.25) is 15.9 Å². The molecule has 24 heavy (non-hydrogen) atoms. The summed E-state index contributed by atoms with van der Waals surface area (Å²) in [6.07, 6.45) is 2.78. The highest BCUT2D eigenvalue weighted by molar-refractivity contribution is 8.14. The van der Waals surface area contributed by atoms with Gasteiger partial charge in [0.1, 0.15) is 5.82 Å². The maximum atomic E-state index is 13.0. The Morgan fingerprint density at radius 1 is 1.12 bits per heavy atom. The van der Waals surface area contributed by atoms with Crippen molar-refractivity contribution in [1.29, 1.82) is 0 Å². The van der Waals surface area contributed by atoms with Crippen LogP contribution in [0.3, 0.4) is 0 Å². The largest absolute Gasteiger partial charge is 0.289 e. The van der Waals surface area contributed by atoms with Gasteiger partial charge in [-0.15, -0.1) is 0 Å². The molecular formula is C15H17FN2O4S2. The van der Waals surface area contributed by atoms with Crippen molar-refractivity contribution in [2.45, 2.75) is 42.7 Å². The first-order chi connectivity index (χ1) is 11.4. The number of nitrogens with zero attached hydrogens (tertiary/aromatic N) is 1. The van der Waals surface area contributed by atoms with Crippen molar-refractivity contribution in [3.05, 3.63) is 30.1 Å². The minimum absolute atomic E-state index is 0.0401. The molecular weight excluding hydrogens is 355 g/mol. The van der Waals surface area contributed by atoms with Crippen LogP contribution in [0.5, 0.6) is 0 Å². The molecule has 2 aliphatic rings. The topological polar surface area (TPSA) is 83.6 Å². The Hall–Kier alpha value is -1.45. The first kappa shape index (κ1) is 17.4. The number of nitrogens with one attached hydrogen (secondary N) is 1. The lowest BCUT2D eigenvalue weighted by atomic mass is 9.90. The lowest BCUT2D eigenvalue weighted by molar-refractivity contribution is -0.127. The minimum atomic E-state index is -3.85. The molecule has 1 saturated carbocycles. The Morgan fingerprint density at radius 3 is 2.42 bits per heavy atom. The third-order valence-electron chi connectivity index (χ3n) is 4.28. The van der Waals surface area contributed by atoms with Crippen molar-refractivity contribution in [3.8, 4) is 0 Å². The SMILES string of the molecule is O=C1CSC(=O)N1[C@H]1CCCC[C@H]1NS(=O)(=O)c1ccc(F)cc1. The predicted molar refractivity (Wildman–Crippen MR) is 87.5 cm³/mol. The summed E-state index contributed by atoms with van der Waals surface area (Å²) < 4.78 is 40.6. The summed E-state index contributed by atoms with van der Waals surface area (Å²) >= 11 is 0.944. The molecule has 0 unspecified atom stereocenters. The number of carbonyl (C=O) groups is 2. The molecule has 0 aromatic heterocycles. The van der Waals surface area contributed by atoms with Crippen molar-refractivity contribution in [2.75, 3.05) is 5.75 Å². The van der Waals surface area contributed by atoms with E-state index in [1.807, 2.05) is 0 Å². The second kappa shape index (κ2) is 6.81. The van der Waals surface area contributed by atoms with Crippen LogP contribution < -0.4 is 4.72 Å². The highest BCUT2D eigenvalue weighted by atomic mass is 32.2. The predicted octanol–water partition coefficient (Wildman–Crippen LogP) is 2.11. The number of sulfonamides is 1. The van der Waals surface area contributed by atoms with Crippen LogP contribution in [0.2, 0.25) is 0 Å². The van der Waals surface area contributed by atoms with Gasteiger partial charge in [-0.25, -0.2) is 17.5 Å². The number of carbonyl (C=O) groups excluding carboxylic acids is 2. The van der Waals surface area contributed by atoms with Gasteiger partial charge in [-0.2, -0.15) is 0 Å². The third kappa shape index (κ3) is 3.47. The van der Waals surface area contributed by atoms with Gasteiger partial charge in [0, 0.05) is 6.04 Å². The zero-order valence-corrected chi connectivity index (χ0v) is 14.4. The van der Waals surface area contributed by atoms with E-state index in [4.69, 9.17) is 0 Å². The second-order valence-electron chi connectivity index (χ2n) is 5.85. The zero-order valence-electron chi connectivity index (χ0n) is 12.8. The van der Waals surface area contributed by atoms with Gasteiger partial charge < -0.3 is 0 Å². The van der Waals surface area contributed by atoms with E-state index < -0.39 is 27.9 Å². The van der Waals surface area contributed by atoms with E-state index in [0.29, 0.717) is 12.8 Å². The van der Waals surface area contributed by atoms with Crippen molar-refractivity contribution in [2.24, 2.45) is 0 Å². The van der Waals surface area contributed by atoms with E-state index in [-0.39, 0.29) is 21.8 Å². The average Bonchev–Trinajstić information content (AvgIpc) is 2.87. The fourth-order valence-electron chi connectivity index (χ4n) is 3.12. The summed E-state index contributed by atoms with van der Waals surface area (Å²) in [5.41, 5.74) is 0. The van der Waals surface area contributed by atoms with Gasteiger partial charge in [0.05, 0.1) is 16.7 Å². The fourth-order valence-corrected chi connectivity index (χ4v) is 5.19. The molecule has 1 heterocycles. The van der Waals surface area contributed by atoms with Crippen molar-refractivity contribution in [1.82, 2.24) is 9.62 Å². The molecule has 1 aliphatic heterocycles. The number of benzene rings is 1. The van der Waals surface area contributed by atoms with E-state index >= 15 is 0 Å². The molecule has 0 bridgehead atoms. The molecule has 1 saturated heterocycles. The molecule has 1 aromatic rings. The lowest BCUT2D eigenvalue weighted by Crippen LogP contribution is -2.54.